The Bertz CT molecular complexity index is 920. The summed E-state index contributed by atoms with van der Waals surface area (Å²) in [5.41, 5.74) is -0.745. The molecule has 0 spiro atoms. The molecule has 0 saturated heterocycles. The molecule has 3 N–H and O–H groups in total. The Kier molecular flexibility index (Phi) is 6.59. The molecule has 0 aliphatic rings. The van der Waals surface area contributed by atoms with Crippen molar-refractivity contribution in [1.82, 2.24) is 5.32 Å². The lowest BCUT2D eigenvalue weighted by molar-refractivity contribution is -0.130. The minimum absolute atomic E-state index is 0.145. The van der Waals surface area contributed by atoms with Gasteiger partial charge in [0.2, 0.25) is 5.91 Å². The highest BCUT2D eigenvalue weighted by Gasteiger charge is 2.21. The van der Waals surface area contributed by atoms with E-state index in [1.807, 2.05) is 5.32 Å². The molecule has 0 aliphatic heterocycles. The fourth-order valence-electron chi connectivity index (χ4n) is 2.05. The topological polar surface area (TPSA) is 105 Å². The number of amides is 2. The van der Waals surface area contributed by atoms with Crippen LogP contribution in [0.1, 0.15) is 17.3 Å². The largest absolute Gasteiger partial charge is 0.507 e. The summed E-state index contributed by atoms with van der Waals surface area (Å²) < 4.78 is 44.3. The Morgan fingerprint density at radius 3 is 2.43 bits per heavy atom. The van der Waals surface area contributed by atoms with E-state index >= 15 is 0 Å². The first-order valence-corrected chi connectivity index (χ1v) is 7.90. The van der Waals surface area contributed by atoms with E-state index in [1.165, 1.54) is 31.2 Å². The average molecular weight is 396 g/mol. The van der Waals surface area contributed by atoms with Crippen molar-refractivity contribution in [3.05, 3.63) is 59.4 Å². The summed E-state index contributed by atoms with van der Waals surface area (Å²) >= 11 is 0. The molecule has 0 aromatic heterocycles. The van der Waals surface area contributed by atoms with Crippen LogP contribution in [0.15, 0.2) is 36.4 Å². The molecule has 1 unspecified atom stereocenters. The molecule has 0 fully saturated rings. The molecule has 0 bridgehead atoms. The highest BCUT2D eigenvalue weighted by molar-refractivity contribution is 5.97. The highest BCUT2D eigenvalue weighted by atomic mass is 19.2. The van der Waals surface area contributed by atoms with Gasteiger partial charge in [-0.2, -0.15) is 0 Å². The molecule has 2 aromatic carbocycles. The maximum Gasteiger partial charge on any atom is 0.342 e. The number of hydrogen-bond donors (Lipinski definition) is 3. The van der Waals surface area contributed by atoms with Crippen molar-refractivity contribution in [2.45, 2.75) is 13.0 Å². The normalized spacial score (nSPS) is 11.4. The van der Waals surface area contributed by atoms with Gasteiger partial charge in [0.05, 0.1) is 12.2 Å². The minimum atomic E-state index is -1.74. The van der Waals surface area contributed by atoms with E-state index in [4.69, 9.17) is 4.74 Å². The van der Waals surface area contributed by atoms with E-state index in [9.17, 15) is 32.7 Å². The smallest absolute Gasteiger partial charge is 0.342 e. The maximum absolute atomic E-state index is 13.5. The molecule has 7 nitrogen and oxygen atoms in total. The summed E-state index contributed by atoms with van der Waals surface area (Å²) in [7, 11) is 0. The number of carbonyl (C=O) groups is 3. The van der Waals surface area contributed by atoms with Crippen LogP contribution in [0, 0.1) is 17.5 Å². The van der Waals surface area contributed by atoms with Gasteiger partial charge in [0.25, 0.3) is 5.91 Å². The van der Waals surface area contributed by atoms with Crippen molar-refractivity contribution in [1.29, 1.82) is 0 Å². The average Bonchev–Trinajstić information content (AvgIpc) is 2.66. The number of aromatic hydroxyl groups is 1. The van der Waals surface area contributed by atoms with Gasteiger partial charge in [-0.25, -0.2) is 18.0 Å². The molecule has 2 amide bonds. The number of para-hydroxylation sites is 1. The number of hydrogen-bond acceptors (Lipinski definition) is 5. The molecule has 0 saturated carbocycles. The van der Waals surface area contributed by atoms with Crippen molar-refractivity contribution >= 4 is 23.5 Å². The van der Waals surface area contributed by atoms with Gasteiger partial charge in [-0.3, -0.25) is 9.59 Å². The quantitative estimate of drug-likeness (QED) is 0.513. The second kappa shape index (κ2) is 8.89. The number of esters is 1. The van der Waals surface area contributed by atoms with Gasteiger partial charge in [0.1, 0.15) is 11.3 Å². The van der Waals surface area contributed by atoms with Crippen LogP contribution < -0.4 is 10.6 Å². The van der Waals surface area contributed by atoms with Crippen molar-refractivity contribution < 1.29 is 37.4 Å². The number of benzene rings is 2. The standard InChI is InChI=1S/C18H15F3N2O5/c1-9(28-18(27)10-4-2-3-5-13(10)24)17(26)22-8-14(25)23-12-7-6-11(19)15(20)16(12)21/h2-7,9,24H,8H2,1H3,(H,22,26)(H,23,25). The van der Waals surface area contributed by atoms with Crippen LogP contribution >= 0.6 is 0 Å². The van der Waals surface area contributed by atoms with E-state index in [-0.39, 0.29) is 11.3 Å². The van der Waals surface area contributed by atoms with Crippen molar-refractivity contribution in [2.24, 2.45) is 0 Å². The van der Waals surface area contributed by atoms with E-state index in [0.717, 1.165) is 6.07 Å². The van der Waals surface area contributed by atoms with Gasteiger partial charge in [-0.1, -0.05) is 12.1 Å². The fourth-order valence-corrected chi connectivity index (χ4v) is 2.05. The van der Waals surface area contributed by atoms with Crippen LogP contribution in [0.25, 0.3) is 0 Å². The summed E-state index contributed by atoms with van der Waals surface area (Å²) in [5.74, 6) is -7.77. The summed E-state index contributed by atoms with van der Waals surface area (Å²) in [5, 5.41) is 13.7. The Morgan fingerprint density at radius 2 is 1.75 bits per heavy atom. The first-order valence-electron chi connectivity index (χ1n) is 7.90. The lowest BCUT2D eigenvalue weighted by Gasteiger charge is -2.14. The lowest BCUT2D eigenvalue weighted by Crippen LogP contribution is -2.40. The zero-order valence-corrected chi connectivity index (χ0v) is 14.5. The molecular weight excluding hydrogens is 381 g/mol. The second-order valence-electron chi connectivity index (χ2n) is 5.55. The molecular formula is C18H15F3N2O5. The Labute approximate surface area is 157 Å². The Hall–Kier alpha value is -3.56. The number of phenols is 1. The summed E-state index contributed by atoms with van der Waals surface area (Å²) in [6, 6.07) is 7.01. The van der Waals surface area contributed by atoms with Crippen LogP contribution in [0.4, 0.5) is 18.9 Å². The van der Waals surface area contributed by atoms with Crippen LogP contribution in [0.5, 0.6) is 5.75 Å². The first kappa shape index (κ1) is 20.7. The van der Waals surface area contributed by atoms with E-state index in [1.54, 1.807) is 0 Å². The Balaban J connectivity index is 1.87. The van der Waals surface area contributed by atoms with Crippen LogP contribution in [0.2, 0.25) is 0 Å². The van der Waals surface area contributed by atoms with E-state index in [0.29, 0.717) is 6.07 Å². The predicted octanol–water partition coefficient (Wildman–Crippen LogP) is 2.11. The SMILES string of the molecule is CC(OC(=O)c1ccccc1O)C(=O)NCC(=O)Nc1ccc(F)c(F)c1F. The molecule has 28 heavy (non-hydrogen) atoms. The predicted molar refractivity (Wildman–Crippen MR) is 90.9 cm³/mol. The van der Waals surface area contributed by atoms with Crippen LogP contribution in [-0.4, -0.2) is 35.5 Å². The summed E-state index contributed by atoms with van der Waals surface area (Å²) in [6.07, 6.45) is -1.31. The fraction of sp³-hybridized carbons (Fsp3) is 0.167. The zero-order chi connectivity index (χ0) is 20.8. The molecule has 0 radical (unpaired) electrons. The molecule has 10 heteroatoms. The number of anilines is 1. The van der Waals surface area contributed by atoms with Gasteiger partial charge >= 0.3 is 5.97 Å². The van der Waals surface area contributed by atoms with E-state index < -0.39 is 53.6 Å². The molecule has 2 rings (SSSR count). The van der Waals surface area contributed by atoms with Gasteiger partial charge in [0.15, 0.2) is 23.6 Å². The third-order valence-corrected chi connectivity index (χ3v) is 3.51. The summed E-state index contributed by atoms with van der Waals surface area (Å²) in [6.45, 7) is 0.593. The second-order valence-corrected chi connectivity index (χ2v) is 5.55. The highest BCUT2D eigenvalue weighted by Crippen LogP contribution is 2.19. The Morgan fingerprint density at radius 1 is 1.07 bits per heavy atom. The van der Waals surface area contributed by atoms with Gasteiger partial charge in [0, 0.05) is 0 Å². The number of ether oxygens (including phenoxy) is 1. The zero-order valence-electron chi connectivity index (χ0n) is 14.5. The van der Waals surface area contributed by atoms with Crippen molar-refractivity contribution in [3.8, 4) is 5.75 Å². The van der Waals surface area contributed by atoms with Crippen LogP contribution in [0.3, 0.4) is 0 Å². The van der Waals surface area contributed by atoms with E-state index in [2.05, 4.69) is 5.32 Å². The van der Waals surface area contributed by atoms with Gasteiger partial charge < -0.3 is 20.5 Å². The van der Waals surface area contributed by atoms with Crippen LogP contribution in [-0.2, 0) is 14.3 Å². The first-order chi connectivity index (χ1) is 13.2. The number of rotatable bonds is 6. The number of nitrogens with one attached hydrogen (secondary N) is 2. The minimum Gasteiger partial charge on any atom is -0.507 e. The number of phenolic OH excluding ortho intramolecular Hbond substituents is 1. The number of halogens is 3. The van der Waals surface area contributed by atoms with Crippen molar-refractivity contribution in [2.75, 3.05) is 11.9 Å². The monoisotopic (exact) mass is 396 g/mol. The third kappa shape index (κ3) is 5.00. The molecule has 1 atom stereocenters. The lowest BCUT2D eigenvalue weighted by atomic mass is 10.2. The molecule has 148 valence electrons. The molecule has 0 aliphatic carbocycles. The summed E-state index contributed by atoms with van der Waals surface area (Å²) in [4.78, 5) is 35.5. The molecule has 0 heterocycles. The van der Waals surface area contributed by atoms with Crippen molar-refractivity contribution in [3.63, 3.8) is 0 Å². The third-order valence-electron chi connectivity index (χ3n) is 3.51. The number of carbonyl (C=O) groups excluding carboxylic acids is 3. The molecule has 2 aromatic rings. The maximum atomic E-state index is 13.5. The van der Waals surface area contributed by atoms with Gasteiger partial charge in [-0.05, 0) is 31.2 Å². The van der Waals surface area contributed by atoms with Gasteiger partial charge in [-0.15, -0.1) is 0 Å².